The third-order valence-corrected chi connectivity index (χ3v) is 4.54. The number of hydrogen-bond donors (Lipinski definition) is 1. The summed E-state index contributed by atoms with van der Waals surface area (Å²) in [4.78, 5) is 17.7. The van der Waals surface area contributed by atoms with Crippen molar-refractivity contribution in [2.75, 3.05) is 13.1 Å². The number of fused-ring (bicyclic) bond motifs is 1. The van der Waals surface area contributed by atoms with Crippen molar-refractivity contribution < 1.29 is 9.53 Å². The van der Waals surface area contributed by atoms with Gasteiger partial charge in [0.05, 0.1) is 5.56 Å². The number of ether oxygens (including phenoxy) is 1. The fourth-order valence-corrected chi connectivity index (χ4v) is 2.99. The van der Waals surface area contributed by atoms with Gasteiger partial charge in [-0.1, -0.05) is 19.9 Å². The molecule has 132 valence electrons. The minimum absolute atomic E-state index is 0.374. The Morgan fingerprint density at radius 3 is 2.80 bits per heavy atom. The molecule has 0 radical (unpaired) electrons. The van der Waals surface area contributed by atoms with E-state index < -0.39 is 5.91 Å². The first-order chi connectivity index (χ1) is 12.0. The van der Waals surface area contributed by atoms with Crippen LogP contribution in [0.5, 0.6) is 11.6 Å². The summed E-state index contributed by atoms with van der Waals surface area (Å²) in [6.45, 7) is 7.80. The highest BCUT2D eigenvalue weighted by molar-refractivity contribution is 5.92. The molecule has 1 aromatic carbocycles. The van der Waals surface area contributed by atoms with Gasteiger partial charge in [0.25, 0.3) is 0 Å². The highest BCUT2D eigenvalue weighted by Crippen LogP contribution is 2.27. The van der Waals surface area contributed by atoms with Crippen molar-refractivity contribution >= 4 is 5.91 Å². The fraction of sp³-hybridized carbons (Fsp3) is 0.400. The number of nitrogens with zero attached hydrogens (tertiary/aromatic N) is 2. The smallest absolute Gasteiger partial charge is 0.250 e. The molecule has 1 aliphatic rings. The monoisotopic (exact) mass is 339 g/mol. The van der Waals surface area contributed by atoms with E-state index in [1.165, 1.54) is 23.7 Å². The molecule has 0 atom stereocenters. The molecule has 0 saturated heterocycles. The Kier molecular flexibility index (Phi) is 5.34. The van der Waals surface area contributed by atoms with Gasteiger partial charge in [-0.05, 0) is 54.6 Å². The van der Waals surface area contributed by atoms with Crippen LogP contribution >= 0.6 is 0 Å². The van der Waals surface area contributed by atoms with Crippen LogP contribution in [0.2, 0.25) is 0 Å². The molecule has 5 nitrogen and oxygen atoms in total. The Hall–Kier alpha value is -2.40. The van der Waals surface area contributed by atoms with Crippen LogP contribution in [0.3, 0.4) is 0 Å². The predicted octanol–water partition coefficient (Wildman–Crippen LogP) is 3.38. The summed E-state index contributed by atoms with van der Waals surface area (Å²) in [5.41, 5.74) is 8.31. The summed E-state index contributed by atoms with van der Waals surface area (Å²) < 4.78 is 5.81. The van der Waals surface area contributed by atoms with Crippen LogP contribution in [0, 0.1) is 5.92 Å². The Labute approximate surface area is 148 Å². The second-order valence-corrected chi connectivity index (χ2v) is 6.99. The van der Waals surface area contributed by atoms with Crippen LogP contribution in [0.1, 0.15) is 41.8 Å². The number of benzene rings is 1. The molecular formula is C20H25N3O2. The molecule has 0 saturated carbocycles. The van der Waals surface area contributed by atoms with Gasteiger partial charge in [-0.15, -0.1) is 0 Å². The summed E-state index contributed by atoms with van der Waals surface area (Å²) in [5.74, 6) is 1.48. The second kappa shape index (κ2) is 7.66. The van der Waals surface area contributed by atoms with Gasteiger partial charge < -0.3 is 10.5 Å². The number of nitrogens with two attached hydrogens (primary N) is 1. The van der Waals surface area contributed by atoms with Crippen LogP contribution in [0.15, 0.2) is 36.5 Å². The van der Waals surface area contributed by atoms with Crippen molar-refractivity contribution in [3.05, 3.63) is 53.2 Å². The minimum Gasteiger partial charge on any atom is -0.439 e. The summed E-state index contributed by atoms with van der Waals surface area (Å²) in [6, 6.07) is 9.50. The third kappa shape index (κ3) is 4.57. The molecule has 0 aliphatic carbocycles. The average Bonchev–Trinajstić information content (AvgIpc) is 2.60. The van der Waals surface area contributed by atoms with E-state index in [1.54, 1.807) is 12.1 Å². The number of primary amides is 1. The van der Waals surface area contributed by atoms with Crippen molar-refractivity contribution in [2.24, 2.45) is 11.7 Å². The molecule has 0 spiro atoms. The van der Waals surface area contributed by atoms with Crippen LogP contribution in [-0.2, 0) is 13.0 Å². The van der Waals surface area contributed by atoms with Crippen molar-refractivity contribution in [1.29, 1.82) is 0 Å². The van der Waals surface area contributed by atoms with E-state index in [2.05, 4.69) is 35.9 Å². The molecule has 1 aliphatic heterocycles. The van der Waals surface area contributed by atoms with Crippen molar-refractivity contribution in [3.63, 3.8) is 0 Å². The van der Waals surface area contributed by atoms with Gasteiger partial charge >= 0.3 is 0 Å². The standard InChI is InChI=1S/C20H25N3O2/c1-14(2)7-9-23-10-8-15-11-18(5-3-17(15)13-23)25-19-6-4-16(12-22-19)20(21)24/h3-6,11-12,14H,7-10,13H2,1-2H3,(H2,21,24). The number of carbonyl (C=O) groups is 1. The lowest BCUT2D eigenvalue weighted by Crippen LogP contribution is -2.31. The van der Waals surface area contributed by atoms with Gasteiger partial charge in [0.15, 0.2) is 0 Å². The van der Waals surface area contributed by atoms with Gasteiger partial charge in [0.2, 0.25) is 11.8 Å². The summed E-state index contributed by atoms with van der Waals surface area (Å²) in [6.07, 6.45) is 3.71. The second-order valence-electron chi connectivity index (χ2n) is 6.99. The largest absolute Gasteiger partial charge is 0.439 e. The van der Waals surface area contributed by atoms with E-state index in [9.17, 15) is 4.79 Å². The molecule has 3 rings (SSSR count). The highest BCUT2D eigenvalue weighted by Gasteiger charge is 2.17. The Morgan fingerprint density at radius 2 is 2.12 bits per heavy atom. The van der Waals surface area contributed by atoms with Crippen LogP contribution < -0.4 is 10.5 Å². The van der Waals surface area contributed by atoms with E-state index in [4.69, 9.17) is 10.5 Å². The molecular weight excluding hydrogens is 314 g/mol. The molecule has 0 unspecified atom stereocenters. The highest BCUT2D eigenvalue weighted by atomic mass is 16.5. The molecule has 2 N–H and O–H groups in total. The summed E-state index contributed by atoms with van der Waals surface area (Å²) >= 11 is 0. The van der Waals surface area contributed by atoms with E-state index in [-0.39, 0.29) is 0 Å². The van der Waals surface area contributed by atoms with Crippen molar-refractivity contribution in [1.82, 2.24) is 9.88 Å². The van der Waals surface area contributed by atoms with Gasteiger partial charge in [0, 0.05) is 25.4 Å². The average molecular weight is 339 g/mol. The van der Waals surface area contributed by atoms with E-state index in [0.29, 0.717) is 11.4 Å². The fourth-order valence-electron chi connectivity index (χ4n) is 2.99. The Bertz CT molecular complexity index is 741. The molecule has 1 aromatic heterocycles. The van der Waals surface area contributed by atoms with E-state index in [1.807, 2.05) is 6.07 Å². The zero-order chi connectivity index (χ0) is 17.8. The van der Waals surface area contributed by atoms with Crippen LogP contribution in [0.25, 0.3) is 0 Å². The quantitative estimate of drug-likeness (QED) is 0.876. The first-order valence-corrected chi connectivity index (χ1v) is 8.79. The van der Waals surface area contributed by atoms with Crippen LogP contribution in [-0.4, -0.2) is 28.9 Å². The molecule has 2 aromatic rings. The zero-order valence-corrected chi connectivity index (χ0v) is 14.9. The lowest BCUT2D eigenvalue weighted by molar-refractivity contribution is 0.1000. The number of rotatable bonds is 6. The minimum atomic E-state index is -0.491. The maximum Gasteiger partial charge on any atom is 0.250 e. The van der Waals surface area contributed by atoms with Gasteiger partial charge in [0.1, 0.15) is 5.75 Å². The topological polar surface area (TPSA) is 68.5 Å². The third-order valence-electron chi connectivity index (χ3n) is 4.54. The lowest BCUT2D eigenvalue weighted by Gasteiger charge is -2.29. The molecule has 5 heteroatoms. The predicted molar refractivity (Wildman–Crippen MR) is 97.7 cm³/mol. The lowest BCUT2D eigenvalue weighted by atomic mass is 9.99. The first-order valence-electron chi connectivity index (χ1n) is 8.79. The molecule has 2 heterocycles. The van der Waals surface area contributed by atoms with Gasteiger partial charge in [-0.3, -0.25) is 9.69 Å². The zero-order valence-electron chi connectivity index (χ0n) is 14.9. The summed E-state index contributed by atoms with van der Waals surface area (Å²) in [7, 11) is 0. The number of aromatic nitrogens is 1. The van der Waals surface area contributed by atoms with Crippen molar-refractivity contribution in [3.8, 4) is 11.6 Å². The van der Waals surface area contributed by atoms with Crippen LogP contribution in [0.4, 0.5) is 0 Å². The number of amides is 1. The van der Waals surface area contributed by atoms with Crippen molar-refractivity contribution in [2.45, 2.75) is 33.2 Å². The molecule has 0 bridgehead atoms. The number of hydrogen-bond acceptors (Lipinski definition) is 4. The number of carbonyl (C=O) groups excluding carboxylic acids is 1. The SMILES string of the molecule is CC(C)CCN1CCc2cc(Oc3ccc(C(N)=O)cn3)ccc2C1. The number of pyridine rings is 1. The summed E-state index contributed by atoms with van der Waals surface area (Å²) in [5, 5.41) is 0. The maximum absolute atomic E-state index is 11.1. The normalized spacial score (nSPS) is 14.4. The molecule has 25 heavy (non-hydrogen) atoms. The Morgan fingerprint density at radius 1 is 1.28 bits per heavy atom. The molecule has 1 amide bonds. The van der Waals surface area contributed by atoms with E-state index >= 15 is 0 Å². The van der Waals surface area contributed by atoms with Gasteiger partial charge in [-0.25, -0.2) is 4.98 Å². The first kappa shape index (κ1) is 17.4. The molecule has 0 fully saturated rings. The Balaban J connectivity index is 1.65. The van der Waals surface area contributed by atoms with E-state index in [0.717, 1.165) is 37.7 Å². The maximum atomic E-state index is 11.1. The van der Waals surface area contributed by atoms with Gasteiger partial charge in [-0.2, -0.15) is 0 Å².